The van der Waals surface area contributed by atoms with Crippen LogP contribution in [0.4, 0.5) is 0 Å². The van der Waals surface area contributed by atoms with Crippen molar-refractivity contribution in [3.63, 3.8) is 0 Å². The van der Waals surface area contributed by atoms with Crippen LogP contribution in [0.1, 0.15) is 43.5 Å². The molecule has 1 fully saturated rings. The highest BCUT2D eigenvalue weighted by Gasteiger charge is 2.25. The highest BCUT2D eigenvalue weighted by atomic mass is 32.1. The molecule has 1 aliphatic carbocycles. The zero-order valence-electron chi connectivity index (χ0n) is 9.93. The predicted octanol–water partition coefficient (Wildman–Crippen LogP) is 3.22. The summed E-state index contributed by atoms with van der Waals surface area (Å²) in [5.74, 6) is 1.32. The lowest BCUT2D eigenvalue weighted by atomic mass is 9.81. The van der Waals surface area contributed by atoms with Crippen molar-refractivity contribution in [1.29, 1.82) is 0 Å². The van der Waals surface area contributed by atoms with E-state index >= 15 is 0 Å². The quantitative estimate of drug-likeness (QED) is 0.574. The molecule has 0 radical (unpaired) electrons. The van der Waals surface area contributed by atoms with Crippen LogP contribution in [0.15, 0.2) is 18.5 Å². The number of fused-ring (bicyclic) bond motifs is 1. The molecule has 0 spiro atoms. The van der Waals surface area contributed by atoms with Gasteiger partial charge in [-0.25, -0.2) is 4.98 Å². The molecule has 90 valence electrons. The zero-order valence-corrected chi connectivity index (χ0v) is 10.7. The van der Waals surface area contributed by atoms with Gasteiger partial charge in [-0.15, -0.1) is 11.3 Å². The van der Waals surface area contributed by atoms with Gasteiger partial charge in [-0.3, -0.25) is 0 Å². The van der Waals surface area contributed by atoms with E-state index in [4.69, 9.17) is 4.98 Å². The topological polar surface area (TPSA) is 39.8 Å². The van der Waals surface area contributed by atoms with Crippen LogP contribution in [0, 0.1) is 11.1 Å². The molecule has 4 heteroatoms. The summed E-state index contributed by atoms with van der Waals surface area (Å²) >= 11 is 1.69. The van der Waals surface area contributed by atoms with Gasteiger partial charge >= 0.3 is 0 Å². The average molecular weight is 248 g/mol. The van der Waals surface area contributed by atoms with Gasteiger partial charge in [0.1, 0.15) is 4.70 Å². The maximum absolute atomic E-state index is 11.2. The van der Waals surface area contributed by atoms with Crippen LogP contribution >= 0.6 is 11.3 Å². The van der Waals surface area contributed by atoms with Crippen molar-refractivity contribution < 1.29 is 4.73 Å². The Balaban J connectivity index is 1.99. The molecule has 3 nitrogen and oxygen atoms in total. The van der Waals surface area contributed by atoms with Gasteiger partial charge in [0.15, 0.2) is 12.4 Å². The normalized spacial score (nSPS) is 25.2. The minimum atomic E-state index is 0.598. The molecule has 2 aromatic heterocycles. The number of nitrogens with zero attached hydrogens (tertiary/aromatic N) is 2. The lowest BCUT2D eigenvalue weighted by Crippen LogP contribution is -2.23. The van der Waals surface area contributed by atoms with Gasteiger partial charge in [0.05, 0.1) is 10.5 Å². The van der Waals surface area contributed by atoms with Crippen LogP contribution < -0.4 is 4.73 Å². The number of hydrogen-bond acceptors (Lipinski definition) is 3. The summed E-state index contributed by atoms with van der Waals surface area (Å²) in [5, 5.41) is 12.4. The summed E-state index contributed by atoms with van der Waals surface area (Å²) < 4.78 is 1.87. The molecule has 1 saturated carbocycles. The first-order chi connectivity index (χ1) is 8.24. The van der Waals surface area contributed by atoms with Crippen LogP contribution in [0.25, 0.3) is 10.2 Å². The summed E-state index contributed by atoms with van der Waals surface area (Å²) in [6.45, 7) is 2.32. The number of aromatic nitrogens is 2. The second-order valence-corrected chi connectivity index (χ2v) is 6.04. The van der Waals surface area contributed by atoms with E-state index in [-0.39, 0.29) is 0 Å². The first-order valence-corrected chi connectivity index (χ1v) is 7.05. The highest BCUT2D eigenvalue weighted by molar-refractivity contribution is 7.18. The smallest absolute Gasteiger partial charge is 0.199 e. The first-order valence-electron chi connectivity index (χ1n) is 6.23. The lowest BCUT2D eigenvalue weighted by Gasteiger charge is -2.26. The fourth-order valence-electron chi connectivity index (χ4n) is 2.72. The molecule has 2 heterocycles. The van der Waals surface area contributed by atoms with Gasteiger partial charge in [-0.05, 0) is 12.3 Å². The van der Waals surface area contributed by atoms with E-state index in [1.165, 1.54) is 36.9 Å². The summed E-state index contributed by atoms with van der Waals surface area (Å²) in [6, 6.07) is 1.82. The van der Waals surface area contributed by atoms with E-state index in [1.54, 1.807) is 17.5 Å². The Bertz CT molecular complexity index is 537. The van der Waals surface area contributed by atoms with Crippen molar-refractivity contribution in [2.75, 3.05) is 0 Å². The van der Waals surface area contributed by atoms with Crippen molar-refractivity contribution >= 4 is 21.6 Å². The van der Waals surface area contributed by atoms with Crippen LogP contribution in [0.5, 0.6) is 0 Å². The SMILES string of the molecule is CC1CCCC[C@@H]1c1nc2cc[n+]([O-])cc2s1. The van der Waals surface area contributed by atoms with Crippen molar-refractivity contribution in [2.24, 2.45) is 5.92 Å². The van der Waals surface area contributed by atoms with Crippen molar-refractivity contribution in [3.05, 3.63) is 28.7 Å². The maximum atomic E-state index is 11.2. The molecule has 1 aliphatic rings. The highest BCUT2D eigenvalue weighted by Crippen LogP contribution is 2.40. The molecule has 0 amide bonds. The molecule has 2 aromatic rings. The van der Waals surface area contributed by atoms with E-state index in [1.807, 2.05) is 6.07 Å². The van der Waals surface area contributed by atoms with Crippen LogP contribution in [-0.4, -0.2) is 4.98 Å². The zero-order chi connectivity index (χ0) is 11.8. The fraction of sp³-hybridized carbons (Fsp3) is 0.538. The van der Waals surface area contributed by atoms with Crippen LogP contribution in [0.3, 0.4) is 0 Å². The lowest BCUT2D eigenvalue weighted by molar-refractivity contribution is -0.603. The maximum Gasteiger partial charge on any atom is 0.199 e. The summed E-state index contributed by atoms with van der Waals surface area (Å²) in [6.07, 6.45) is 8.37. The van der Waals surface area contributed by atoms with Gasteiger partial charge in [-0.2, -0.15) is 4.73 Å². The van der Waals surface area contributed by atoms with E-state index in [9.17, 15) is 5.21 Å². The summed E-state index contributed by atoms with van der Waals surface area (Å²) in [7, 11) is 0. The minimum Gasteiger partial charge on any atom is -0.619 e. The van der Waals surface area contributed by atoms with Crippen molar-refractivity contribution in [3.8, 4) is 0 Å². The van der Waals surface area contributed by atoms with Gasteiger partial charge in [0, 0.05) is 12.0 Å². The third-order valence-electron chi connectivity index (χ3n) is 3.75. The van der Waals surface area contributed by atoms with Crippen LogP contribution in [0.2, 0.25) is 0 Å². The van der Waals surface area contributed by atoms with E-state index < -0.39 is 0 Å². The fourth-order valence-corrected chi connectivity index (χ4v) is 3.96. The summed E-state index contributed by atoms with van der Waals surface area (Å²) in [4.78, 5) is 4.69. The third-order valence-corrected chi connectivity index (χ3v) is 4.89. The molecule has 17 heavy (non-hydrogen) atoms. The number of thiazole rings is 1. The molecular formula is C13H16N2OS. The Morgan fingerprint density at radius 3 is 3.06 bits per heavy atom. The van der Waals surface area contributed by atoms with Gasteiger partial charge in [-0.1, -0.05) is 26.2 Å². The van der Waals surface area contributed by atoms with E-state index in [0.29, 0.717) is 5.92 Å². The second kappa shape index (κ2) is 4.26. The second-order valence-electron chi connectivity index (χ2n) is 4.97. The van der Waals surface area contributed by atoms with Crippen molar-refractivity contribution in [2.45, 2.75) is 38.5 Å². The number of pyridine rings is 1. The molecule has 1 unspecified atom stereocenters. The Morgan fingerprint density at radius 2 is 2.24 bits per heavy atom. The first kappa shape index (κ1) is 11.0. The van der Waals surface area contributed by atoms with Crippen molar-refractivity contribution in [1.82, 2.24) is 4.98 Å². The molecule has 2 atom stereocenters. The number of hydrogen-bond donors (Lipinski definition) is 0. The Kier molecular flexibility index (Phi) is 2.74. The Labute approximate surface area is 105 Å². The monoisotopic (exact) mass is 248 g/mol. The largest absolute Gasteiger partial charge is 0.619 e. The Hall–Kier alpha value is -1.16. The van der Waals surface area contributed by atoms with E-state index in [2.05, 4.69) is 6.92 Å². The van der Waals surface area contributed by atoms with Gasteiger partial charge in [0.25, 0.3) is 0 Å². The minimum absolute atomic E-state index is 0.598. The molecular weight excluding hydrogens is 232 g/mol. The third kappa shape index (κ3) is 2.02. The molecule has 0 bridgehead atoms. The molecule has 0 N–H and O–H groups in total. The van der Waals surface area contributed by atoms with Crippen LogP contribution in [-0.2, 0) is 0 Å². The standard InChI is InChI=1S/C13H16N2OS/c1-9-4-2-3-5-10(9)13-14-11-6-7-15(16)8-12(11)17-13/h6-10H,2-5H2,1H3/t9?,10-/m0/s1. The molecule has 0 aliphatic heterocycles. The van der Waals surface area contributed by atoms with Gasteiger partial charge < -0.3 is 5.21 Å². The molecule has 0 aromatic carbocycles. The van der Waals surface area contributed by atoms with E-state index in [0.717, 1.165) is 20.9 Å². The predicted molar refractivity (Wildman–Crippen MR) is 69.0 cm³/mol. The molecule has 3 rings (SSSR count). The Morgan fingerprint density at radius 1 is 1.41 bits per heavy atom. The molecule has 0 saturated heterocycles. The van der Waals surface area contributed by atoms with Gasteiger partial charge in [0.2, 0.25) is 0 Å². The summed E-state index contributed by atoms with van der Waals surface area (Å²) in [5.41, 5.74) is 0.967. The number of rotatable bonds is 1. The average Bonchev–Trinajstić information content (AvgIpc) is 2.72.